The number of aliphatic hydroxyl groups is 1. The van der Waals surface area contributed by atoms with E-state index in [0.717, 1.165) is 12.8 Å². The molecule has 3 aliphatic rings. The van der Waals surface area contributed by atoms with Crippen LogP contribution in [0.25, 0.3) is 0 Å². The van der Waals surface area contributed by atoms with Crippen molar-refractivity contribution in [2.45, 2.75) is 47.1 Å². The molecule has 3 heterocycles. The fourth-order valence-electron chi connectivity index (χ4n) is 5.55. The number of hydrogen-bond donors (Lipinski definition) is 1. The molecule has 0 radical (unpaired) electrons. The lowest BCUT2D eigenvalue weighted by molar-refractivity contribution is -0.144. The number of β-amino-alcohol motifs (C(OH)–C–C–N with tert-alkyl or cyclic N) is 1. The van der Waals surface area contributed by atoms with Crippen molar-refractivity contribution in [2.24, 2.45) is 11.8 Å². The summed E-state index contributed by atoms with van der Waals surface area (Å²) in [5.41, 5.74) is 0. The molecule has 6 atom stereocenters. The molecule has 0 aromatic heterocycles. The number of thioether (sulfide) groups is 1. The van der Waals surface area contributed by atoms with Crippen LogP contribution in [0.4, 0.5) is 0 Å². The van der Waals surface area contributed by atoms with Crippen LogP contribution in [0.1, 0.15) is 26.2 Å². The van der Waals surface area contributed by atoms with Crippen molar-refractivity contribution in [3.63, 3.8) is 0 Å². The van der Waals surface area contributed by atoms with E-state index in [1.165, 1.54) is 4.90 Å². The highest BCUT2D eigenvalue weighted by molar-refractivity contribution is 9.09. The topological polar surface area (TPSA) is 81.2 Å². The van der Waals surface area contributed by atoms with Crippen molar-refractivity contribution in [1.29, 1.82) is 0 Å². The van der Waals surface area contributed by atoms with Crippen molar-refractivity contribution in [1.82, 2.24) is 14.7 Å². The van der Waals surface area contributed by atoms with Crippen LogP contribution in [-0.4, -0.2) is 98.2 Å². The minimum absolute atomic E-state index is 0.0375. The van der Waals surface area contributed by atoms with Crippen molar-refractivity contribution in [3.8, 4) is 0 Å². The molecule has 178 valence electrons. The van der Waals surface area contributed by atoms with E-state index in [9.17, 15) is 19.5 Å². The molecule has 0 saturated carbocycles. The van der Waals surface area contributed by atoms with Gasteiger partial charge in [-0.3, -0.25) is 14.4 Å². The zero-order chi connectivity index (χ0) is 23.6. The van der Waals surface area contributed by atoms with Gasteiger partial charge in [-0.25, -0.2) is 0 Å². The van der Waals surface area contributed by atoms with Crippen molar-refractivity contribution in [2.75, 3.05) is 39.8 Å². The zero-order valence-electron chi connectivity index (χ0n) is 18.9. The molecule has 1 N–H and O–H groups in total. The second-order valence-corrected chi connectivity index (χ2v) is 11.6. The molecule has 3 aliphatic heterocycles. The Labute approximate surface area is 203 Å². The standard InChI is InChI=1S/C23H34BrN3O4S/c1-5-8-11-26(10-7-3)22(31)19-23-14-15(24)18(32-23)16(20(29)25(4)9-6-2)17(23)21(30)27(19)12-13-28/h6-7,15-19,28H,2-3,5,8-14H2,1,4H3/t15?,16-,17+,18-,19?,23?/m1/s1. The molecule has 7 nitrogen and oxygen atoms in total. The second kappa shape index (κ2) is 10.3. The van der Waals surface area contributed by atoms with Crippen LogP contribution in [0.3, 0.4) is 0 Å². The number of fused-ring (bicyclic) bond motifs is 1. The number of amides is 3. The molecule has 1 spiro atoms. The number of likely N-dealkylation sites (N-methyl/N-ethyl adjacent to an activating group) is 1. The summed E-state index contributed by atoms with van der Waals surface area (Å²) >= 11 is 5.38. The number of carbonyl (C=O) groups is 3. The zero-order valence-corrected chi connectivity index (χ0v) is 21.3. The lowest BCUT2D eigenvalue weighted by atomic mass is 9.70. The van der Waals surface area contributed by atoms with Crippen molar-refractivity contribution >= 4 is 45.4 Å². The van der Waals surface area contributed by atoms with Gasteiger partial charge in [0.05, 0.1) is 23.2 Å². The minimum atomic E-state index is -0.693. The number of unbranched alkanes of at least 4 members (excludes halogenated alkanes) is 1. The number of hydrogen-bond acceptors (Lipinski definition) is 5. The molecule has 3 unspecified atom stereocenters. The van der Waals surface area contributed by atoms with E-state index in [-0.39, 0.29) is 41.0 Å². The van der Waals surface area contributed by atoms with Gasteiger partial charge in [-0.1, -0.05) is 41.4 Å². The van der Waals surface area contributed by atoms with Crippen LogP contribution in [-0.2, 0) is 14.4 Å². The molecule has 9 heteroatoms. The second-order valence-electron chi connectivity index (χ2n) is 8.85. The molecular formula is C23H34BrN3O4S. The summed E-state index contributed by atoms with van der Waals surface area (Å²) in [6.45, 7) is 10.9. The summed E-state index contributed by atoms with van der Waals surface area (Å²) in [7, 11) is 1.72. The first kappa shape index (κ1) is 25.3. The summed E-state index contributed by atoms with van der Waals surface area (Å²) in [5.74, 6) is -1.45. The summed E-state index contributed by atoms with van der Waals surface area (Å²) in [4.78, 5) is 45.9. The Morgan fingerprint density at radius 1 is 1.31 bits per heavy atom. The maximum Gasteiger partial charge on any atom is 0.247 e. The molecule has 3 fully saturated rings. The Balaban J connectivity index is 2.02. The maximum atomic E-state index is 13.9. The van der Waals surface area contributed by atoms with Crippen LogP contribution >= 0.6 is 27.7 Å². The van der Waals surface area contributed by atoms with Crippen LogP contribution in [0.2, 0.25) is 0 Å². The Hall–Kier alpha value is -1.32. The van der Waals surface area contributed by atoms with Crippen LogP contribution in [0.5, 0.6) is 0 Å². The van der Waals surface area contributed by atoms with E-state index < -0.39 is 22.6 Å². The molecule has 3 saturated heterocycles. The Kier molecular flexibility index (Phi) is 8.15. The first-order valence-electron chi connectivity index (χ1n) is 11.3. The highest BCUT2D eigenvalue weighted by Gasteiger charge is 2.75. The van der Waals surface area contributed by atoms with Crippen LogP contribution < -0.4 is 0 Å². The predicted octanol–water partition coefficient (Wildman–Crippen LogP) is 1.90. The smallest absolute Gasteiger partial charge is 0.247 e. The molecule has 0 aliphatic carbocycles. The van der Waals surface area contributed by atoms with Crippen molar-refractivity contribution in [3.05, 3.63) is 25.3 Å². The van der Waals surface area contributed by atoms with Crippen LogP contribution in [0.15, 0.2) is 25.3 Å². The van der Waals surface area contributed by atoms with E-state index >= 15 is 0 Å². The molecule has 0 aromatic carbocycles. The maximum absolute atomic E-state index is 13.9. The third-order valence-electron chi connectivity index (χ3n) is 6.87. The number of aliphatic hydroxyl groups excluding tert-OH is 1. The third kappa shape index (κ3) is 4.05. The molecular weight excluding hydrogens is 494 g/mol. The number of rotatable bonds is 11. The monoisotopic (exact) mass is 527 g/mol. The highest BCUT2D eigenvalue weighted by atomic mass is 79.9. The van der Waals surface area contributed by atoms with Gasteiger partial charge in [0, 0.05) is 43.3 Å². The Bertz CT molecular complexity index is 780. The van der Waals surface area contributed by atoms with Gasteiger partial charge in [-0.2, -0.15) is 0 Å². The Morgan fingerprint density at radius 2 is 2.00 bits per heavy atom. The predicted molar refractivity (Wildman–Crippen MR) is 131 cm³/mol. The minimum Gasteiger partial charge on any atom is -0.395 e. The number of likely N-dealkylation sites (tertiary alicyclic amines) is 1. The van der Waals surface area contributed by atoms with Gasteiger partial charge in [0.2, 0.25) is 17.7 Å². The van der Waals surface area contributed by atoms with Crippen molar-refractivity contribution < 1.29 is 19.5 Å². The van der Waals surface area contributed by atoms with Gasteiger partial charge in [-0.15, -0.1) is 24.9 Å². The van der Waals surface area contributed by atoms with Gasteiger partial charge >= 0.3 is 0 Å². The van der Waals surface area contributed by atoms with Gasteiger partial charge in [-0.05, 0) is 12.8 Å². The van der Waals surface area contributed by atoms with E-state index in [1.54, 1.807) is 40.8 Å². The van der Waals surface area contributed by atoms with E-state index in [2.05, 4.69) is 36.0 Å². The quantitative estimate of drug-likeness (QED) is 0.328. The average Bonchev–Trinajstić information content (AvgIpc) is 3.34. The van der Waals surface area contributed by atoms with E-state index in [1.807, 2.05) is 0 Å². The third-order valence-corrected chi connectivity index (χ3v) is 10.1. The lowest BCUT2D eigenvalue weighted by Gasteiger charge is -2.38. The van der Waals surface area contributed by atoms with Gasteiger partial charge in [0.25, 0.3) is 0 Å². The molecule has 2 bridgehead atoms. The van der Waals surface area contributed by atoms with E-state index in [0.29, 0.717) is 26.1 Å². The lowest BCUT2D eigenvalue weighted by Crippen LogP contribution is -2.56. The number of carbonyl (C=O) groups excluding carboxylic acids is 3. The van der Waals surface area contributed by atoms with E-state index in [4.69, 9.17) is 0 Å². The normalized spacial score (nSPS) is 32.7. The van der Waals surface area contributed by atoms with Gasteiger partial charge in [0.15, 0.2) is 0 Å². The molecule has 3 rings (SSSR count). The largest absolute Gasteiger partial charge is 0.395 e. The summed E-state index contributed by atoms with van der Waals surface area (Å²) in [6.07, 6.45) is 5.83. The first-order valence-corrected chi connectivity index (χ1v) is 13.1. The summed E-state index contributed by atoms with van der Waals surface area (Å²) in [6, 6.07) is -0.693. The fourth-order valence-corrected chi connectivity index (χ4v) is 9.15. The fraction of sp³-hybridized carbons (Fsp3) is 0.696. The Morgan fingerprint density at radius 3 is 2.59 bits per heavy atom. The van der Waals surface area contributed by atoms with Gasteiger partial charge < -0.3 is 19.8 Å². The van der Waals surface area contributed by atoms with Gasteiger partial charge in [0.1, 0.15) is 6.04 Å². The average molecular weight is 529 g/mol. The number of nitrogens with zero attached hydrogens (tertiary/aromatic N) is 3. The SMILES string of the molecule is C=CCN(C)C(=O)[C@H]1[C@@H]2SC3(CC2Br)C(C(=O)N(CC=C)CCCC)N(CCO)C(=O)[C@H]13. The highest BCUT2D eigenvalue weighted by Crippen LogP contribution is 2.68. The molecule has 3 amide bonds. The number of halogens is 1. The molecule has 32 heavy (non-hydrogen) atoms. The first-order chi connectivity index (χ1) is 15.3. The molecule has 0 aromatic rings. The number of alkyl halides is 1. The summed E-state index contributed by atoms with van der Waals surface area (Å²) < 4.78 is -0.677. The van der Waals surface area contributed by atoms with Crippen LogP contribution in [0, 0.1) is 11.8 Å². The summed E-state index contributed by atoms with van der Waals surface area (Å²) in [5, 5.41) is 9.64.